The Morgan fingerprint density at radius 3 is 2.95 bits per heavy atom. The lowest BCUT2D eigenvalue weighted by Gasteiger charge is -2.08. The normalized spacial score (nSPS) is 10.9. The number of thioether (sulfide) groups is 1. The number of methoxy groups -OCH3 is 1. The van der Waals surface area contributed by atoms with E-state index in [9.17, 15) is 0 Å². The van der Waals surface area contributed by atoms with Crippen LogP contribution in [0.3, 0.4) is 0 Å². The fourth-order valence-electron chi connectivity index (χ4n) is 1.72. The number of hydrogen-bond donors (Lipinski definition) is 1. The summed E-state index contributed by atoms with van der Waals surface area (Å²) in [4.78, 5) is 1.22. The van der Waals surface area contributed by atoms with Gasteiger partial charge in [-0.25, -0.2) is 0 Å². The number of benzene rings is 1. The van der Waals surface area contributed by atoms with E-state index >= 15 is 0 Å². The van der Waals surface area contributed by atoms with Gasteiger partial charge in [0, 0.05) is 29.6 Å². The maximum atomic E-state index is 5.34. The lowest BCUT2D eigenvalue weighted by atomic mass is 10.2. The molecule has 20 heavy (non-hydrogen) atoms. The molecule has 0 aliphatic carbocycles. The molecule has 0 saturated heterocycles. The van der Waals surface area contributed by atoms with E-state index < -0.39 is 0 Å². The van der Waals surface area contributed by atoms with E-state index in [0.717, 1.165) is 35.7 Å². The summed E-state index contributed by atoms with van der Waals surface area (Å²) >= 11 is 5.39. The van der Waals surface area contributed by atoms with Gasteiger partial charge in [-0.3, -0.25) is 0 Å². The van der Waals surface area contributed by atoms with Crippen molar-refractivity contribution in [2.24, 2.45) is 0 Å². The zero-order valence-corrected chi connectivity index (χ0v) is 13.8. The highest BCUT2D eigenvalue weighted by atomic mass is 79.9. The molecule has 0 aliphatic heterocycles. The van der Waals surface area contributed by atoms with Gasteiger partial charge in [0.15, 0.2) is 0 Å². The molecule has 0 aliphatic rings. The average molecular weight is 356 g/mol. The summed E-state index contributed by atoms with van der Waals surface area (Å²) < 4.78 is 11.5. The number of halogens is 1. The Morgan fingerprint density at radius 2 is 2.25 bits per heavy atom. The van der Waals surface area contributed by atoms with Gasteiger partial charge in [-0.1, -0.05) is 6.07 Å². The summed E-state index contributed by atoms with van der Waals surface area (Å²) in [7, 11) is 1.71. The second kappa shape index (κ2) is 8.52. The predicted molar refractivity (Wildman–Crippen MR) is 86.0 cm³/mol. The Labute approximate surface area is 132 Å². The van der Waals surface area contributed by atoms with Crippen LogP contribution in [0.4, 0.5) is 0 Å². The van der Waals surface area contributed by atoms with Gasteiger partial charge in [0.1, 0.15) is 5.76 Å². The Kier molecular flexibility index (Phi) is 6.66. The first-order valence-electron chi connectivity index (χ1n) is 6.43. The van der Waals surface area contributed by atoms with Gasteiger partial charge in [0.05, 0.1) is 18.6 Å². The lowest BCUT2D eigenvalue weighted by molar-refractivity contribution is 0.199. The van der Waals surface area contributed by atoms with E-state index in [0.29, 0.717) is 0 Å². The average Bonchev–Trinajstić information content (AvgIpc) is 2.96. The van der Waals surface area contributed by atoms with Crippen LogP contribution in [0.1, 0.15) is 11.3 Å². The first-order valence-corrected chi connectivity index (χ1v) is 8.20. The van der Waals surface area contributed by atoms with Crippen molar-refractivity contribution in [1.82, 2.24) is 5.32 Å². The van der Waals surface area contributed by atoms with E-state index in [1.165, 1.54) is 10.5 Å². The van der Waals surface area contributed by atoms with Crippen molar-refractivity contribution in [3.05, 3.63) is 52.4 Å². The third-order valence-corrected chi connectivity index (χ3v) is 4.77. The van der Waals surface area contributed by atoms with Crippen LogP contribution < -0.4 is 5.32 Å². The van der Waals surface area contributed by atoms with Crippen molar-refractivity contribution >= 4 is 27.7 Å². The van der Waals surface area contributed by atoms with Gasteiger partial charge in [-0.15, -0.1) is 11.8 Å². The van der Waals surface area contributed by atoms with Gasteiger partial charge >= 0.3 is 0 Å². The molecule has 0 spiro atoms. The third-order valence-electron chi connectivity index (χ3n) is 2.76. The van der Waals surface area contributed by atoms with Crippen LogP contribution in [0.2, 0.25) is 0 Å². The zero-order valence-electron chi connectivity index (χ0n) is 11.4. The maximum absolute atomic E-state index is 5.34. The van der Waals surface area contributed by atoms with Crippen LogP contribution in [0, 0.1) is 0 Å². The summed E-state index contributed by atoms with van der Waals surface area (Å²) in [5.41, 5.74) is 1.26. The monoisotopic (exact) mass is 355 g/mol. The minimum atomic E-state index is 0.734. The lowest BCUT2D eigenvalue weighted by Crippen LogP contribution is -2.18. The molecule has 1 aromatic heterocycles. The van der Waals surface area contributed by atoms with E-state index in [1.54, 1.807) is 25.1 Å². The molecule has 1 aromatic carbocycles. The molecule has 0 radical (unpaired) electrons. The molecule has 0 unspecified atom stereocenters. The number of ether oxygens (including phenoxy) is 1. The Morgan fingerprint density at radius 1 is 1.35 bits per heavy atom. The van der Waals surface area contributed by atoms with Crippen molar-refractivity contribution < 1.29 is 9.15 Å². The molecule has 0 bridgehead atoms. The SMILES string of the molecule is COCCNCc1ccc(SCc2ccco2)c(Br)c1. The van der Waals surface area contributed by atoms with Crippen LogP contribution >= 0.6 is 27.7 Å². The molecule has 0 amide bonds. The van der Waals surface area contributed by atoms with Crippen molar-refractivity contribution in [1.29, 1.82) is 0 Å². The first kappa shape index (κ1) is 15.6. The summed E-state index contributed by atoms with van der Waals surface area (Å²) in [5, 5.41) is 3.34. The molecule has 1 N–H and O–H groups in total. The number of nitrogens with one attached hydrogen (secondary N) is 1. The molecule has 1 heterocycles. The Bertz CT molecular complexity index is 517. The van der Waals surface area contributed by atoms with Crippen molar-refractivity contribution in [2.75, 3.05) is 20.3 Å². The minimum absolute atomic E-state index is 0.734. The highest BCUT2D eigenvalue weighted by Gasteiger charge is 2.04. The molecule has 3 nitrogen and oxygen atoms in total. The van der Waals surface area contributed by atoms with Crippen LogP contribution in [-0.4, -0.2) is 20.3 Å². The third kappa shape index (κ3) is 4.98. The Balaban J connectivity index is 1.85. The molecule has 5 heteroatoms. The quantitative estimate of drug-likeness (QED) is 0.571. The first-order chi connectivity index (χ1) is 9.79. The summed E-state index contributed by atoms with van der Waals surface area (Å²) in [6.07, 6.45) is 1.71. The summed E-state index contributed by atoms with van der Waals surface area (Å²) in [5.74, 6) is 1.84. The fraction of sp³-hybridized carbons (Fsp3) is 0.333. The summed E-state index contributed by atoms with van der Waals surface area (Å²) in [6, 6.07) is 10.4. The van der Waals surface area contributed by atoms with Gasteiger partial charge < -0.3 is 14.5 Å². The highest BCUT2D eigenvalue weighted by Crippen LogP contribution is 2.30. The van der Waals surface area contributed by atoms with Gasteiger partial charge in [0.2, 0.25) is 0 Å². The molecule has 2 rings (SSSR count). The Hall–Kier alpha value is -0.750. The highest BCUT2D eigenvalue weighted by molar-refractivity contribution is 9.10. The van der Waals surface area contributed by atoms with Crippen LogP contribution in [0.5, 0.6) is 0 Å². The number of rotatable bonds is 8. The molecule has 0 fully saturated rings. The minimum Gasteiger partial charge on any atom is -0.468 e. The van der Waals surface area contributed by atoms with Gasteiger partial charge in [-0.2, -0.15) is 0 Å². The van der Waals surface area contributed by atoms with E-state index in [1.807, 2.05) is 12.1 Å². The number of hydrogen-bond acceptors (Lipinski definition) is 4. The topological polar surface area (TPSA) is 34.4 Å². The van der Waals surface area contributed by atoms with Crippen LogP contribution in [0.15, 0.2) is 50.4 Å². The van der Waals surface area contributed by atoms with Gasteiger partial charge in [-0.05, 0) is 45.8 Å². The largest absolute Gasteiger partial charge is 0.468 e. The molecular weight excluding hydrogens is 338 g/mol. The van der Waals surface area contributed by atoms with Crippen molar-refractivity contribution in [2.45, 2.75) is 17.2 Å². The molecule has 0 saturated carbocycles. The van der Waals surface area contributed by atoms with Crippen molar-refractivity contribution in [3.63, 3.8) is 0 Å². The zero-order chi connectivity index (χ0) is 14.2. The predicted octanol–water partition coefficient (Wildman–Crippen LogP) is 4.07. The smallest absolute Gasteiger partial charge is 0.113 e. The molecular formula is C15H18BrNO2S. The fourth-order valence-corrected chi connectivity index (χ4v) is 3.31. The standard InChI is InChI=1S/C15H18BrNO2S/c1-18-8-6-17-10-12-4-5-15(14(16)9-12)20-11-13-3-2-7-19-13/h2-5,7,9,17H,6,8,10-11H2,1H3. The second-order valence-corrected chi connectivity index (χ2v) is 6.17. The van der Waals surface area contributed by atoms with Crippen LogP contribution in [-0.2, 0) is 17.0 Å². The molecule has 0 atom stereocenters. The van der Waals surface area contributed by atoms with E-state index in [-0.39, 0.29) is 0 Å². The second-order valence-electron chi connectivity index (χ2n) is 4.30. The maximum Gasteiger partial charge on any atom is 0.113 e. The van der Waals surface area contributed by atoms with E-state index in [2.05, 4.69) is 39.4 Å². The van der Waals surface area contributed by atoms with Crippen molar-refractivity contribution in [3.8, 4) is 0 Å². The number of furan rings is 1. The van der Waals surface area contributed by atoms with Crippen LogP contribution in [0.25, 0.3) is 0 Å². The molecule has 108 valence electrons. The summed E-state index contributed by atoms with van der Waals surface area (Å²) in [6.45, 7) is 2.45. The van der Waals surface area contributed by atoms with E-state index in [4.69, 9.17) is 9.15 Å². The molecule has 2 aromatic rings. The van der Waals surface area contributed by atoms with Gasteiger partial charge in [0.25, 0.3) is 0 Å².